The Morgan fingerprint density at radius 1 is 1.33 bits per heavy atom. The number of nitrogen functional groups attached to an aromatic ring is 1. The predicted octanol–water partition coefficient (Wildman–Crippen LogP) is 2.18. The Bertz CT molecular complexity index is 671. The van der Waals surface area contributed by atoms with Crippen LogP contribution in [0.4, 0.5) is 15.3 Å². The van der Waals surface area contributed by atoms with Crippen molar-refractivity contribution < 1.29 is 29.3 Å². The highest BCUT2D eigenvalue weighted by Gasteiger charge is 2.19. The molecule has 0 amide bonds. The number of benzene rings is 1. The molecule has 112 valence electrons. The summed E-state index contributed by atoms with van der Waals surface area (Å²) in [5.41, 5.74) is 7.01. The summed E-state index contributed by atoms with van der Waals surface area (Å²) < 4.78 is 9.81. The van der Waals surface area contributed by atoms with E-state index in [-0.39, 0.29) is 13.0 Å². The summed E-state index contributed by atoms with van der Waals surface area (Å²) in [5, 5.41) is 17.7. The highest BCUT2D eigenvalue weighted by Crippen LogP contribution is 2.25. The van der Waals surface area contributed by atoms with Crippen molar-refractivity contribution in [1.29, 1.82) is 0 Å². The lowest BCUT2D eigenvalue weighted by molar-refractivity contribution is 0.00530. The number of nitrogens with two attached hydrogens (primary N) is 1. The van der Waals surface area contributed by atoms with Crippen molar-refractivity contribution >= 4 is 39.6 Å². The summed E-state index contributed by atoms with van der Waals surface area (Å²) in [6.45, 7) is -0.389. The Hall–Kier alpha value is -2.55. The molecule has 0 aliphatic heterocycles. The highest BCUT2D eigenvalue weighted by atomic mass is 32.1. The van der Waals surface area contributed by atoms with Crippen LogP contribution in [0.5, 0.6) is 0 Å². The molecule has 0 spiro atoms. The van der Waals surface area contributed by atoms with Gasteiger partial charge >= 0.3 is 12.3 Å². The van der Waals surface area contributed by atoms with E-state index in [0.29, 0.717) is 10.7 Å². The van der Waals surface area contributed by atoms with Crippen molar-refractivity contribution in [2.45, 2.75) is 12.5 Å². The molecule has 0 saturated carbocycles. The van der Waals surface area contributed by atoms with E-state index in [1.807, 2.05) is 0 Å². The monoisotopic (exact) mass is 312 g/mol. The second kappa shape index (κ2) is 6.27. The molecule has 9 heteroatoms. The van der Waals surface area contributed by atoms with Gasteiger partial charge in [0.05, 0.1) is 15.2 Å². The fourth-order valence-electron chi connectivity index (χ4n) is 1.71. The first kappa shape index (κ1) is 14.9. The first-order valence-electron chi connectivity index (χ1n) is 5.84. The smallest absolute Gasteiger partial charge is 0.450 e. The topological polar surface area (TPSA) is 132 Å². The van der Waals surface area contributed by atoms with Gasteiger partial charge < -0.3 is 25.4 Å². The molecule has 0 saturated heterocycles. The minimum Gasteiger partial charge on any atom is -0.450 e. The van der Waals surface area contributed by atoms with E-state index in [4.69, 9.17) is 15.9 Å². The quantitative estimate of drug-likeness (QED) is 0.565. The SMILES string of the molecule is Nc1ccc2nc(CC(COC(=O)O)OC(=O)O)sc2c1. The molecule has 8 nitrogen and oxygen atoms in total. The van der Waals surface area contributed by atoms with Gasteiger partial charge in [-0.3, -0.25) is 0 Å². The van der Waals surface area contributed by atoms with E-state index in [9.17, 15) is 9.59 Å². The third-order valence-corrected chi connectivity index (χ3v) is 3.56. The zero-order valence-corrected chi connectivity index (χ0v) is 11.5. The summed E-state index contributed by atoms with van der Waals surface area (Å²) in [5.74, 6) is 0. The average molecular weight is 312 g/mol. The Morgan fingerprint density at radius 3 is 2.76 bits per heavy atom. The number of fused-ring (bicyclic) bond motifs is 1. The van der Waals surface area contributed by atoms with Gasteiger partial charge in [-0.1, -0.05) is 0 Å². The number of nitrogens with zero attached hydrogens (tertiary/aromatic N) is 1. The van der Waals surface area contributed by atoms with Crippen molar-refractivity contribution in [3.63, 3.8) is 0 Å². The van der Waals surface area contributed by atoms with E-state index in [1.165, 1.54) is 11.3 Å². The van der Waals surface area contributed by atoms with Crippen LogP contribution in [0.2, 0.25) is 0 Å². The van der Waals surface area contributed by atoms with Gasteiger partial charge in [0, 0.05) is 12.1 Å². The Balaban J connectivity index is 2.12. The Kier molecular flexibility index (Phi) is 4.43. The maximum Gasteiger partial charge on any atom is 0.506 e. The molecule has 2 rings (SSSR count). The molecule has 0 radical (unpaired) electrons. The van der Waals surface area contributed by atoms with E-state index in [2.05, 4.69) is 14.5 Å². The Morgan fingerprint density at radius 2 is 2.10 bits per heavy atom. The standard InChI is InChI=1S/C12H12N2O6S/c13-6-1-2-8-9(3-6)21-10(14-8)4-7(20-12(17)18)5-19-11(15)16/h1-3,7H,4-5,13H2,(H,15,16)(H,17,18). The van der Waals surface area contributed by atoms with Crippen LogP contribution in [0.25, 0.3) is 10.2 Å². The van der Waals surface area contributed by atoms with Gasteiger partial charge in [0.2, 0.25) is 0 Å². The van der Waals surface area contributed by atoms with Crippen molar-refractivity contribution in [3.8, 4) is 0 Å². The minimum absolute atomic E-state index is 0.124. The number of rotatable bonds is 5. The first-order chi connectivity index (χ1) is 9.94. The molecule has 0 aliphatic rings. The molecule has 1 atom stereocenters. The zero-order chi connectivity index (χ0) is 15.4. The molecule has 1 aromatic heterocycles. The van der Waals surface area contributed by atoms with Crippen LogP contribution in [-0.4, -0.2) is 40.2 Å². The van der Waals surface area contributed by atoms with Crippen LogP contribution >= 0.6 is 11.3 Å². The number of anilines is 1. The third-order valence-electron chi connectivity index (χ3n) is 2.52. The summed E-state index contributed by atoms with van der Waals surface area (Å²) in [6, 6.07) is 5.23. The number of hydrogen-bond acceptors (Lipinski definition) is 7. The summed E-state index contributed by atoms with van der Waals surface area (Å²) >= 11 is 1.33. The lowest BCUT2D eigenvalue weighted by Crippen LogP contribution is -2.26. The lowest BCUT2D eigenvalue weighted by atomic mass is 10.2. The molecule has 0 fully saturated rings. The van der Waals surface area contributed by atoms with Crippen LogP contribution in [0.3, 0.4) is 0 Å². The maximum absolute atomic E-state index is 10.6. The van der Waals surface area contributed by atoms with Gasteiger partial charge in [0.15, 0.2) is 0 Å². The normalized spacial score (nSPS) is 12.0. The van der Waals surface area contributed by atoms with E-state index >= 15 is 0 Å². The van der Waals surface area contributed by atoms with Crippen LogP contribution in [0, 0.1) is 0 Å². The van der Waals surface area contributed by atoms with Crippen LogP contribution < -0.4 is 5.73 Å². The van der Waals surface area contributed by atoms with Crippen molar-refractivity contribution in [2.75, 3.05) is 12.3 Å². The molecule has 21 heavy (non-hydrogen) atoms. The van der Waals surface area contributed by atoms with E-state index in [1.54, 1.807) is 18.2 Å². The number of ether oxygens (including phenoxy) is 2. The first-order valence-corrected chi connectivity index (χ1v) is 6.66. The molecule has 0 bridgehead atoms. The highest BCUT2D eigenvalue weighted by molar-refractivity contribution is 7.18. The maximum atomic E-state index is 10.6. The van der Waals surface area contributed by atoms with Crippen molar-refractivity contribution in [3.05, 3.63) is 23.2 Å². The fraction of sp³-hybridized carbons (Fsp3) is 0.250. The third kappa shape index (κ3) is 4.21. The molecular formula is C12H12N2O6S. The van der Waals surface area contributed by atoms with Crippen LogP contribution in [-0.2, 0) is 15.9 Å². The molecule has 2 aromatic rings. The van der Waals surface area contributed by atoms with E-state index < -0.39 is 18.4 Å². The lowest BCUT2D eigenvalue weighted by Gasteiger charge is -2.13. The van der Waals surface area contributed by atoms with Gasteiger partial charge in [-0.15, -0.1) is 11.3 Å². The largest absolute Gasteiger partial charge is 0.506 e. The predicted molar refractivity (Wildman–Crippen MR) is 74.6 cm³/mol. The van der Waals surface area contributed by atoms with Gasteiger partial charge in [0.1, 0.15) is 12.7 Å². The minimum atomic E-state index is -1.50. The van der Waals surface area contributed by atoms with Gasteiger partial charge in [0.25, 0.3) is 0 Å². The number of carbonyl (C=O) groups is 2. The molecule has 4 N–H and O–H groups in total. The number of thiazole rings is 1. The summed E-state index contributed by atoms with van der Waals surface area (Å²) in [4.78, 5) is 25.3. The van der Waals surface area contributed by atoms with Crippen molar-refractivity contribution in [2.24, 2.45) is 0 Å². The molecule has 1 aromatic carbocycles. The second-order valence-electron chi connectivity index (χ2n) is 4.12. The number of aromatic nitrogens is 1. The van der Waals surface area contributed by atoms with Gasteiger partial charge in [-0.05, 0) is 18.2 Å². The molecule has 1 unspecified atom stereocenters. The van der Waals surface area contributed by atoms with Crippen LogP contribution in [0.1, 0.15) is 5.01 Å². The summed E-state index contributed by atoms with van der Waals surface area (Å²) in [6.07, 6.45) is -3.82. The molecule has 0 aliphatic carbocycles. The molecular weight excluding hydrogens is 300 g/mol. The van der Waals surface area contributed by atoms with Gasteiger partial charge in [-0.2, -0.15) is 0 Å². The number of carboxylic acid groups (broad SMARTS) is 2. The van der Waals surface area contributed by atoms with Crippen molar-refractivity contribution in [1.82, 2.24) is 4.98 Å². The van der Waals surface area contributed by atoms with E-state index in [0.717, 1.165) is 10.2 Å². The second-order valence-corrected chi connectivity index (χ2v) is 5.24. The fourth-order valence-corrected chi connectivity index (χ4v) is 2.79. The van der Waals surface area contributed by atoms with Gasteiger partial charge in [-0.25, -0.2) is 14.6 Å². The molecule has 1 heterocycles. The number of hydrogen-bond donors (Lipinski definition) is 3. The average Bonchev–Trinajstić information content (AvgIpc) is 2.76. The Labute approximate surface area is 122 Å². The zero-order valence-electron chi connectivity index (χ0n) is 10.7. The summed E-state index contributed by atoms with van der Waals surface area (Å²) in [7, 11) is 0. The van der Waals surface area contributed by atoms with Crippen LogP contribution in [0.15, 0.2) is 18.2 Å².